The molecule has 0 saturated carbocycles. The molecule has 2 aromatic heterocycles. The third-order valence-corrected chi connectivity index (χ3v) is 4.18. The molecule has 0 bridgehead atoms. The van der Waals surface area contributed by atoms with Crippen LogP contribution in [0.25, 0.3) is 0 Å². The summed E-state index contributed by atoms with van der Waals surface area (Å²) >= 11 is 1.84. The van der Waals surface area contributed by atoms with E-state index < -0.39 is 0 Å². The van der Waals surface area contributed by atoms with Crippen molar-refractivity contribution in [3.8, 4) is 0 Å². The van der Waals surface area contributed by atoms with Crippen molar-refractivity contribution >= 4 is 11.3 Å². The van der Waals surface area contributed by atoms with Gasteiger partial charge in [-0.15, -0.1) is 11.3 Å². The third kappa shape index (κ3) is 4.39. The van der Waals surface area contributed by atoms with Crippen LogP contribution >= 0.6 is 11.3 Å². The quantitative estimate of drug-likeness (QED) is 0.846. The van der Waals surface area contributed by atoms with Crippen LogP contribution in [0, 0.1) is 0 Å². The molecule has 0 aliphatic heterocycles. The zero-order chi connectivity index (χ0) is 14.4. The van der Waals surface area contributed by atoms with Crippen molar-refractivity contribution in [3.05, 3.63) is 45.7 Å². The van der Waals surface area contributed by atoms with Crippen molar-refractivity contribution in [2.45, 2.75) is 52.6 Å². The molecule has 0 aliphatic carbocycles. The Bertz CT molecular complexity index is 520. The molecule has 108 valence electrons. The van der Waals surface area contributed by atoms with Gasteiger partial charge in [0.25, 0.3) is 0 Å². The maximum absolute atomic E-state index is 4.83. The fraction of sp³-hybridized carbons (Fsp3) is 0.500. The maximum Gasteiger partial charge on any atom is 0.0975 e. The molecular weight excluding hydrogens is 266 g/mol. The van der Waals surface area contributed by atoms with E-state index in [1.807, 2.05) is 23.7 Å². The highest BCUT2D eigenvalue weighted by Gasteiger charge is 2.11. The third-order valence-electron chi connectivity index (χ3n) is 3.08. The lowest BCUT2D eigenvalue weighted by Crippen LogP contribution is -2.21. The topological polar surface area (TPSA) is 37.8 Å². The highest BCUT2D eigenvalue weighted by molar-refractivity contribution is 7.11. The highest BCUT2D eigenvalue weighted by Crippen LogP contribution is 2.22. The van der Waals surface area contributed by atoms with Gasteiger partial charge in [-0.25, -0.2) is 4.98 Å². The van der Waals surface area contributed by atoms with Gasteiger partial charge < -0.3 is 5.32 Å². The summed E-state index contributed by atoms with van der Waals surface area (Å²) < 4.78 is 0. The molecule has 0 amide bonds. The van der Waals surface area contributed by atoms with Crippen LogP contribution in [0.5, 0.6) is 0 Å². The van der Waals surface area contributed by atoms with Crippen LogP contribution in [-0.4, -0.2) is 16.0 Å². The first-order valence-corrected chi connectivity index (χ1v) is 8.10. The Hall–Kier alpha value is -1.26. The van der Waals surface area contributed by atoms with Gasteiger partial charge in [0.15, 0.2) is 0 Å². The van der Waals surface area contributed by atoms with Crippen molar-refractivity contribution in [3.63, 3.8) is 0 Å². The lowest BCUT2D eigenvalue weighted by molar-refractivity contribution is 0.589. The van der Waals surface area contributed by atoms with Crippen LogP contribution in [0.15, 0.2) is 24.5 Å². The summed E-state index contributed by atoms with van der Waals surface area (Å²) in [7, 11) is 0. The van der Waals surface area contributed by atoms with Crippen molar-refractivity contribution in [2.75, 3.05) is 0 Å². The molecule has 3 nitrogen and oxygen atoms in total. The standard InChI is InChI=1S/C16H23N3S/c1-4-5-14-15(11-18-12(2)3)20-16(19-14)10-13-6-8-17-9-7-13/h6-9,12,18H,4-5,10-11H2,1-3H3. The second-order valence-electron chi connectivity index (χ2n) is 5.30. The molecule has 4 heteroatoms. The number of nitrogens with one attached hydrogen (secondary N) is 1. The fourth-order valence-corrected chi connectivity index (χ4v) is 3.15. The van der Waals surface area contributed by atoms with E-state index in [0.717, 1.165) is 25.8 Å². The number of aryl methyl sites for hydroxylation is 1. The van der Waals surface area contributed by atoms with Gasteiger partial charge in [0, 0.05) is 36.3 Å². The average molecular weight is 289 g/mol. The van der Waals surface area contributed by atoms with Crippen molar-refractivity contribution in [2.24, 2.45) is 0 Å². The first-order chi connectivity index (χ1) is 9.69. The number of rotatable bonds is 7. The van der Waals surface area contributed by atoms with Crippen LogP contribution in [0.1, 0.15) is 48.3 Å². The summed E-state index contributed by atoms with van der Waals surface area (Å²) in [5.41, 5.74) is 2.55. The normalized spacial score (nSPS) is 11.2. The highest BCUT2D eigenvalue weighted by atomic mass is 32.1. The molecule has 0 saturated heterocycles. The van der Waals surface area contributed by atoms with E-state index in [4.69, 9.17) is 4.98 Å². The van der Waals surface area contributed by atoms with Crippen LogP contribution in [0.4, 0.5) is 0 Å². The van der Waals surface area contributed by atoms with E-state index in [1.165, 1.54) is 21.1 Å². The Morgan fingerprint density at radius 2 is 2.00 bits per heavy atom. The van der Waals surface area contributed by atoms with Crippen molar-refractivity contribution in [1.29, 1.82) is 0 Å². The van der Waals surface area contributed by atoms with Gasteiger partial charge in [0.1, 0.15) is 0 Å². The Morgan fingerprint density at radius 1 is 1.25 bits per heavy atom. The molecule has 0 fully saturated rings. The van der Waals surface area contributed by atoms with Crippen molar-refractivity contribution in [1.82, 2.24) is 15.3 Å². The van der Waals surface area contributed by atoms with E-state index in [2.05, 4.69) is 43.2 Å². The Morgan fingerprint density at radius 3 is 2.65 bits per heavy atom. The summed E-state index contributed by atoms with van der Waals surface area (Å²) in [6, 6.07) is 4.63. The number of thiazole rings is 1. The minimum absolute atomic E-state index is 0.509. The van der Waals surface area contributed by atoms with Gasteiger partial charge in [-0.1, -0.05) is 27.2 Å². The second kappa shape index (κ2) is 7.50. The molecule has 0 spiro atoms. The smallest absolute Gasteiger partial charge is 0.0975 e. The van der Waals surface area contributed by atoms with E-state index in [0.29, 0.717) is 6.04 Å². The summed E-state index contributed by atoms with van der Waals surface area (Å²) in [4.78, 5) is 10.3. The largest absolute Gasteiger partial charge is 0.310 e. The van der Waals surface area contributed by atoms with Crippen LogP contribution < -0.4 is 5.32 Å². The van der Waals surface area contributed by atoms with Gasteiger partial charge in [0.05, 0.1) is 10.7 Å². The number of aromatic nitrogens is 2. The minimum atomic E-state index is 0.509. The average Bonchev–Trinajstić information content (AvgIpc) is 2.80. The van der Waals surface area contributed by atoms with E-state index in [9.17, 15) is 0 Å². The maximum atomic E-state index is 4.83. The molecule has 2 aromatic rings. The first kappa shape index (κ1) is 15.1. The van der Waals surface area contributed by atoms with Gasteiger partial charge in [0.2, 0.25) is 0 Å². The number of nitrogens with zero attached hydrogens (tertiary/aromatic N) is 2. The predicted octanol–water partition coefficient (Wildman–Crippen LogP) is 3.58. The molecule has 0 radical (unpaired) electrons. The van der Waals surface area contributed by atoms with Gasteiger partial charge in [-0.05, 0) is 24.1 Å². The van der Waals surface area contributed by atoms with Crippen LogP contribution in [-0.2, 0) is 19.4 Å². The molecule has 0 aliphatic rings. The SMILES string of the molecule is CCCc1nc(Cc2ccncc2)sc1CNC(C)C. The molecular formula is C16H23N3S. The lowest BCUT2D eigenvalue weighted by atomic mass is 10.2. The van der Waals surface area contributed by atoms with Crippen molar-refractivity contribution < 1.29 is 0 Å². The summed E-state index contributed by atoms with van der Waals surface area (Å²) in [5, 5.41) is 4.71. The van der Waals surface area contributed by atoms with Gasteiger partial charge >= 0.3 is 0 Å². The van der Waals surface area contributed by atoms with Crippen LogP contribution in [0.3, 0.4) is 0 Å². The Labute approximate surface area is 125 Å². The Kier molecular flexibility index (Phi) is 5.68. The summed E-state index contributed by atoms with van der Waals surface area (Å²) in [5.74, 6) is 0. The molecule has 0 aromatic carbocycles. The zero-order valence-electron chi connectivity index (χ0n) is 12.5. The minimum Gasteiger partial charge on any atom is -0.310 e. The summed E-state index contributed by atoms with van der Waals surface area (Å²) in [6.45, 7) is 7.50. The molecule has 0 unspecified atom stereocenters. The molecule has 2 heterocycles. The predicted molar refractivity (Wildman–Crippen MR) is 85.1 cm³/mol. The van der Waals surface area contributed by atoms with Gasteiger partial charge in [-0.2, -0.15) is 0 Å². The number of pyridine rings is 1. The first-order valence-electron chi connectivity index (χ1n) is 7.28. The summed E-state index contributed by atoms with van der Waals surface area (Å²) in [6.07, 6.45) is 6.81. The number of hydrogen-bond acceptors (Lipinski definition) is 4. The van der Waals surface area contributed by atoms with E-state index >= 15 is 0 Å². The molecule has 1 N–H and O–H groups in total. The number of hydrogen-bond donors (Lipinski definition) is 1. The van der Waals surface area contributed by atoms with E-state index in [-0.39, 0.29) is 0 Å². The van der Waals surface area contributed by atoms with Gasteiger partial charge in [-0.3, -0.25) is 4.98 Å². The zero-order valence-corrected chi connectivity index (χ0v) is 13.3. The van der Waals surface area contributed by atoms with Crippen LogP contribution in [0.2, 0.25) is 0 Å². The molecule has 2 rings (SSSR count). The fourth-order valence-electron chi connectivity index (χ4n) is 2.05. The van der Waals surface area contributed by atoms with E-state index in [1.54, 1.807) is 0 Å². The Balaban J connectivity index is 2.11. The second-order valence-corrected chi connectivity index (χ2v) is 6.46. The molecule has 0 atom stereocenters. The monoisotopic (exact) mass is 289 g/mol. The molecule has 20 heavy (non-hydrogen) atoms. The lowest BCUT2D eigenvalue weighted by Gasteiger charge is -2.07.